The second-order valence-corrected chi connectivity index (χ2v) is 4.80. The molecule has 3 heteroatoms. The SMILES string of the molecule is OC1(c2ccc(Cl)o2)C2CCCCC21. The van der Waals surface area contributed by atoms with Gasteiger partial charge in [0.2, 0.25) is 0 Å². The van der Waals surface area contributed by atoms with Crippen LogP contribution in [0.1, 0.15) is 31.4 Å². The summed E-state index contributed by atoms with van der Waals surface area (Å²) < 4.78 is 5.32. The molecule has 2 saturated carbocycles. The van der Waals surface area contributed by atoms with Crippen molar-refractivity contribution in [3.8, 4) is 0 Å². The smallest absolute Gasteiger partial charge is 0.193 e. The van der Waals surface area contributed by atoms with Crippen LogP contribution in [-0.4, -0.2) is 5.11 Å². The summed E-state index contributed by atoms with van der Waals surface area (Å²) in [5.74, 6) is 1.50. The zero-order valence-electron chi connectivity index (χ0n) is 7.87. The zero-order chi connectivity index (χ0) is 9.76. The van der Waals surface area contributed by atoms with E-state index in [4.69, 9.17) is 16.0 Å². The molecule has 2 unspecified atom stereocenters. The number of aliphatic hydroxyl groups is 1. The summed E-state index contributed by atoms with van der Waals surface area (Å²) >= 11 is 5.71. The predicted octanol–water partition coefficient (Wildman–Crippen LogP) is 2.94. The molecule has 2 aliphatic carbocycles. The Bertz CT molecular complexity index is 346. The first-order valence-corrected chi connectivity index (χ1v) is 5.59. The van der Waals surface area contributed by atoms with E-state index in [1.165, 1.54) is 12.8 Å². The lowest BCUT2D eigenvalue weighted by molar-refractivity contribution is 0.0920. The minimum absolute atomic E-state index is 0.372. The number of hydrogen-bond donors (Lipinski definition) is 1. The molecule has 0 saturated heterocycles. The van der Waals surface area contributed by atoms with Crippen LogP contribution in [0.25, 0.3) is 0 Å². The van der Waals surface area contributed by atoms with Gasteiger partial charge < -0.3 is 9.52 Å². The summed E-state index contributed by atoms with van der Waals surface area (Å²) in [7, 11) is 0. The Morgan fingerprint density at radius 3 is 2.43 bits per heavy atom. The van der Waals surface area contributed by atoms with E-state index in [-0.39, 0.29) is 0 Å². The highest BCUT2D eigenvalue weighted by atomic mass is 35.5. The van der Waals surface area contributed by atoms with Crippen molar-refractivity contribution in [1.82, 2.24) is 0 Å². The molecule has 0 spiro atoms. The van der Waals surface area contributed by atoms with Crippen LogP contribution in [0.15, 0.2) is 16.5 Å². The topological polar surface area (TPSA) is 33.4 Å². The first kappa shape index (κ1) is 8.81. The first-order valence-electron chi connectivity index (χ1n) is 5.21. The maximum absolute atomic E-state index is 10.4. The van der Waals surface area contributed by atoms with Crippen LogP contribution in [0.4, 0.5) is 0 Å². The Morgan fingerprint density at radius 1 is 1.29 bits per heavy atom. The standard InChI is InChI=1S/C11H13ClO2/c12-10-6-5-9(14-10)11(13)7-3-1-2-4-8(7)11/h5-8,13H,1-4H2. The van der Waals surface area contributed by atoms with Crippen molar-refractivity contribution in [3.63, 3.8) is 0 Å². The monoisotopic (exact) mass is 212 g/mol. The highest BCUT2D eigenvalue weighted by Gasteiger charge is 2.66. The first-order chi connectivity index (χ1) is 6.73. The lowest BCUT2D eigenvalue weighted by Crippen LogP contribution is -2.08. The average Bonchev–Trinajstić information content (AvgIpc) is 2.57. The van der Waals surface area contributed by atoms with Gasteiger partial charge in [0, 0.05) is 11.8 Å². The van der Waals surface area contributed by atoms with Crippen LogP contribution in [0.5, 0.6) is 0 Å². The van der Waals surface area contributed by atoms with Gasteiger partial charge in [-0.05, 0) is 36.6 Å². The predicted molar refractivity (Wildman–Crippen MR) is 53.1 cm³/mol. The summed E-state index contributed by atoms with van der Waals surface area (Å²) in [6.45, 7) is 0. The molecule has 3 rings (SSSR count). The van der Waals surface area contributed by atoms with Crippen molar-refractivity contribution in [3.05, 3.63) is 23.1 Å². The zero-order valence-corrected chi connectivity index (χ0v) is 8.63. The molecule has 1 heterocycles. The van der Waals surface area contributed by atoms with E-state index in [1.54, 1.807) is 12.1 Å². The normalized spacial score (nSPS) is 40.7. The maximum Gasteiger partial charge on any atom is 0.193 e. The second kappa shape index (κ2) is 2.77. The molecule has 1 aromatic heterocycles. The molecule has 0 bridgehead atoms. The molecule has 2 fully saturated rings. The third-order valence-corrected chi connectivity index (χ3v) is 3.96. The van der Waals surface area contributed by atoms with E-state index in [9.17, 15) is 5.11 Å². The van der Waals surface area contributed by atoms with Crippen LogP contribution in [0.3, 0.4) is 0 Å². The Hall–Kier alpha value is -0.470. The number of rotatable bonds is 1. The highest BCUT2D eigenvalue weighted by Crippen LogP contribution is 2.64. The minimum Gasteiger partial charge on any atom is -0.447 e. The van der Waals surface area contributed by atoms with E-state index in [2.05, 4.69) is 0 Å². The molecule has 0 aliphatic heterocycles. The molecule has 2 aliphatic rings. The molecule has 0 aromatic carbocycles. The van der Waals surface area contributed by atoms with Gasteiger partial charge in [0.25, 0.3) is 0 Å². The van der Waals surface area contributed by atoms with E-state index in [0.29, 0.717) is 22.8 Å². The summed E-state index contributed by atoms with van der Waals surface area (Å²) in [6, 6.07) is 3.51. The van der Waals surface area contributed by atoms with Gasteiger partial charge >= 0.3 is 0 Å². The number of fused-ring (bicyclic) bond motifs is 1. The van der Waals surface area contributed by atoms with Crippen LogP contribution in [0, 0.1) is 11.8 Å². The quantitative estimate of drug-likeness (QED) is 0.777. The number of hydrogen-bond acceptors (Lipinski definition) is 2. The Balaban J connectivity index is 1.92. The molecule has 1 aromatic rings. The van der Waals surface area contributed by atoms with E-state index < -0.39 is 5.60 Å². The van der Waals surface area contributed by atoms with Crippen molar-refractivity contribution in [2.24, 2.45) is 11.8 Å². The molecular weight excluding hydrogens is 200 g/mol. The number of furan rings is 1. The third kappa shape index (κ3) is 1.01. The highest BCUT2D eigenvalue weighted by molar-refractivity contribution is 6.28. The molecule has 2 nitrogen and oxygen atoms in total. The molecule has 0 radical (unpaired) electrons. The van der Waals surface area contributed by atoms with Gasteiger partial charge in [-0.25, -0.2) is 0 Å². The Kier molecular flexibility index (Phi) is 1.74. The second-order valence-electron chi connectivity index (χ2n) is 4.43. The minimum atomic E-state index is -0.691. The van der Waals surface area contributed by atoms with Crippen molar-refractivity contribution in [2.45, 2.75) is 31.3 Å². The lowest BCUT2D eigenvalue weighted by atomic mass is 10.0. The van der Waals surface area contributed by atoms with Crippen LogP contribution in [0.2, 0.25) is 5.22 Å². The summed E-state index contributed by atoms with van der Waals surface area (Å²) in [5, 5.41) is 10.8. The fraction of sp³-hybridized carbons (Fsp3) is 0.636. The average molecular weight is 213 g/mol. The van der Waals surface area contributed by atoms with Gasteiger partial charge in [-0.1, -0.05) is 12.8 Å². The van der Waals surface area contributed by atoms with Gasteiger partial charge in [-0.2, -0.15) is 0 Å². The number of halogens is 1. The van der Waals surface area contributed by atoms with Crippen molar-refractivity contribution in [1.29, 1.82) is 0 Å². The summed E-state index contributed by atoms with van der Waals surface area (Å²) in [5.41, 5.74) is -0.691. The van der Waals surface area contributed by atoms with Gasteiger partial charge in [0.1, 0.15) is 11.4 Å². The van der Waals surface area contributed by atoms with Crippen LogP contribution in [-0.2, 0) is 5.60 Å². The van der Waals surface area contributed by atoms with Crippen molar-refractivity contribution < 1.29 is 9.52 Å². The largest absolute Gasteiger partial charge is 0.447 e. The van der Waals surface area contributed by atoms with Crippen LogP contribution < -0.4 is 0 Å². The summed E-state index contributed by atoms with van der Waals surface area (Å²) in [6.07, 6.45) is 4.72. The third-order valence-electron chi connectivity index (χ3n) is 3.76. The van der Waals surface area contributed by atoms with Crippen molar-refractivity contribution >= 4 is 11.6 Å². The van der Waals surface area contributed by atoms with E-state index in [0.717, 1.165) is 12.8 Å². The molecule has 0 amide bonds. The van der Waals surface area contributed by atoms with Gasteiger partial charge in [0.05, 0.1) is 0 Å². The van der Waals surface area contributed by atoms with Gasteiger partial charge in [0.15, 0.2) is 5.22 Å². The molecular formula is C11H13ClO2. The van der Waals surface area contributed by atoms with Gasteiger partial charge in [-0.15, -0.1) is 0 Å². The fourth-order valence-electron chi connectivity index (χ4n) is 2.99. The van der Waals surface area contributed by atoms with Gasteiger partial charge in [-0.3, -0.25) is 0 Å². The lowest BCUT2D eigenvalue weighted by Gasteiger charge is -2.05. The van der Waals surface area contributed by atoms with E-state index >= 15 is 0 Å². The molecule has 2 atom stereocenters. The maximum atomic E-state index is 10.4. The Labute approximate surface area is 87.9 Å². The Morgan fingerprint density at radius 2 is 1.93 bits per heavy atom. The fourth-order valence-corrected chi connectivity index (χ4v) is 3.13. The molecule has 76 valence electrons. The molecule has 14 heavy (non-hydrogen) atoms. The van der Waals surface area contributed by atoms with Crippen molar-refractivity contribution in [2.75, 3.05) is 0 Å². The van der Waals surface area contributed by atoms with E-state index in [1.807, 2.05) is 0 Å². The summed E-state index contributed by atoms with van der Waals surface area (Å²) in [4.78, 5) is 0. The molecule has 1 N–H and O–H groups in total. The van der Waals surface area contributed by atoms with Crippen LogP contribution >= 0.6 is 11.6 Å².